The summed E-state index contributed by atoms with van der Waals surface area (Å²) in [5.41, 5.74) is -0.998. The Labute approximate surface area is 119 Å². The van der Waals surface area contributed by atoms with Gasteiger partial charge in [-0.25, -0.2) is 0 Å². The van der Waals surface area contributed by atoms with Gasteiger partial charge >= 0.3 is 11.2 Å². The van der Waals surface area contributed by atoms with E-state index >= 15 is 0 Å². The van der Waals surface area contributed by atoms with Crippen molar-refractivity contribution in [3.8, 4) is 5.75 Å². The molecule has 0 radical (unpaired) electrons. The first-order valence-corrected chi connectivity index (χ1v) is 6.04. The zero-order valence-corrected chi connectivity index (χ0v) is 11.2. The van der Waals surface area contributed by atoms with Gasteiger partial charge in [-0.15, -0.1) is 0 Å². The summed E-state index contributed by atoms with van der Waals surface area (Å²) in [6.07, 6.45) is 1.34. The van der Waals surface area contributed by atoms with Crippen LogP contribution in [0.3, 0.4) is 0 Å². The second kappa shape index (κ2) is 6.00. The summed E-state index contributed by atoms with van der Waals surface area (Å²) in [4.78, 5) is 33.9. The van der Waals surface area contributed by atoms with Gasteiger partial charge in [-0.2, -0.15) is 0 Å². The third kappa shape index (κ3) is 3.14. The Kier molecular flexibility index (Phi) is 4.13. The SMILES string of the molecule is COc1cccc(C(=O)Cn2cccc([N+](=O)[O-])c2=O)c1. The van der Waals surface area contributed by atoms with E-state index in [1.807, 2.05) is 0 Å². The third-order valence-corrected chi connectivity index (χ3v) is 2.90. The van der Waals surface area contributed by atoms with Crippen LogP contribution in [-0.2, 0) is 6.54 Å². The molecule has 0 aliphatic rings. The summed E-state index contributed by atoms with van der Waals surface area (Å²) in [5, 5.41) is 10.7. The molecule has 0 atom stereocenters. The average Bonchev–Trinajstić information content (AvgIpc) is 2.49. The Balaban J connectivity index is 2.30. The van der Waals surface area contributed by atoms with Crippen LogP contribution >= 0.6 is 0 Å². The number of nitrogens with zero attached hydrogens (tertiary/aromatic N) is 2. The molecule has 108 valence electrons. The van der Waals surface area contributed by atoms with Crippen molar-refractivity contribution in [1.82, 2.24) is 4.57 Å². The quantitative estimate of drug-likeness (QED) is 0.474. The number of methoxy groups -OCH3 is 1. The van der Waals surface area contributed by atoms with E-state index in [-0.39, 0.29) is 12.3 Å². The summed E-state index contributed by atoms with van der Waals surface area (Å²) >= 11 is 0. The number of carbonyl (C=O) groups excluding carboxylic acids is 1. The maximum Gasteiger partial charge on any atom is 0.334 e. The lowest BCUT2D eigenvalue weighted by molar-refractivity contribution is -0.386. The Morgan fingerprint density at radius 2 is 2.10 bits per heavy atom. The van der Waals surface area contributed by atoms with Gasteiger partial charge in [-0.1, -0.05) is 12.1 Å². The van der Waals surface area contributed by atoms with Crippen LogP contribution in [0.4, 0.5) is 5.69 Å². The summed E-state index contributed by atoms with van der Waals surface area (Å²) in [6.45, 7) is -0.270. The molecule has 0 aliphatic heterocycles. The van der Waals surface area contributed by atoms with E-state index < -0.39 is 16.2 Å². The number of rotatable bonds is 5. The first-order valence-electron chi connectivity index (χ1n) is 6.04. The van der Waals surface area contributed by atoms with E-state index in [0.717, 1.165) is 10.6 Å². The highest BCUT2D eigenvalue weighted by atomic mass is 16.6. The van der Waals surface area contributed by atoms with Gasteiger partial charge in [0.05, 0.1) is 18.6 Å². The van der Waals surface area contributed by atoms with Crippen LogP contribution < -0.4 is 10.3 Å². The second-order valence-electron chi connectivity index (χ2n) is 4.24. The Hall–Kier alpha value is -2.96. The van der Waals surface area contributed by atoms with Gasteiger partial charge in [0.15, 0.2) is 5.78 Å². The number of ether oxygens (including phenoxy) is 1. The lowest BCUT2D eigenvalue weighted by atomic mass is 10.1. The van der Waals surface area contributed by atoms with E-state index in [0.29, 0.717) is 11.3 Å². The Bertz CT molecular complexity index is 751. The highest BCUT2D eigenvalue weighted by molar-refractivity contribution is 5.96. The standard InChI is InChI=1S/C14H12N2O5/c1-21-11-5-2-4-10(8-11)13(17)9-15-7-3-6-12(14(15)18)16(19)20/h2-8H,9H2,1H3. The fraction of sp³-hybridized carbons (Fsp3) is 0.143. The molecule has 0 bridgehead atoms. The van der Waals surface area contributed by atoms with E-state index in [1.165, 1.54) is 19.4 Å². The molecule has 0 unspecified atom stereocenters. The fourth-order valence-electron chi connectivity index (χ4n) is 1.83. The zero-order valence-electron chi connectivity index (χ0n) is 11.2. The molecular formula is C14H12N2O5. The lowest BCUT2D eigenvalue weighted by Gasteiger charge is -2.06. The van der Waals surface area contributed by atoms with Gasteiger partial charge in [-0.3, -0.25) is 19.7 Å². The van der Waals surface area contributed by atoms with Gasteiger partial charge in [0, 0.05) is 17.8 Å². The van der Waals surface area contributed by atoms with Crippen LogP contribution in [-0.4, -0.2) is 22.4 Å². The normalized spacial score (nSPS) is 10.1. The van der Waals surface area contributed by atoms with Crippen molar-refractivity contribution in [1.29, 1.82) is 0 Å². The number of benzene rings is 1. The molecule has 1 heterocycles. The molecule has 0 aliphatic carbocycles. The molecule has 7 heteroatoms. The molecule has 0 saturated heterocycles. The van der Waals surface area contributed by atoms with E-state index in [1.54, 1.807) is 24.3 Å². The molecule has 1 aromatic heterocycles. The smallest absolute Gasteiger partial charge is 0.334 e. The van der Waals surface area contributed by atoms with Crippen LogP contribution in [0.1, 0.15) is 10.4 Å². The number of hydrogen-bond donors (Lipinski definition) is 0. The average molecular weight is 288 g/mol. The van der Waals surface area contributed by atoms with Gasteiger partial charge in [-0.05, 0) is 18.2 Å². The summed E-state index contributed by atoms with van der Waals surface area (Å²) in [6, 6.07) is 8.95. The minimum atomic E-state index is -0.807. The van der Waals surface area contributed by atoms with E-state index in [2.05, 4.69) is 0 Å². The maximum absolute atomic E-state index is 12.1. The van der Waals surface area contributed by atoms with Crippen LogP contribution in [0, 0.1) is 10.1 Å². The van der Waals surface area contributed by atoms with Crippen molar-refractivity contribution in [3.05, 3.63) is 68.6 Å². The van der Waals surface area contributed by atoms with Crippen molar-refractivity contribution in [3.63, 3.8) is 0 Å². The second-order valence-corrected chi connectivity index (χ2v) is 4.24. The minimum absolute atomic E-state index is 0.270. The predicted molar refractivity (Wildman–Crippen MR) is 74.7 cm³/mol. The van der Waals surface area contributed by atoms with Gasteiger partial charge in [0.2, 0.25) is 0 Å². The van der Waals surface area contributed by atoms with Crippen molar-refractivity contribution >= 4 is 11.5 Å². The molecule has 0 N–H and O–H groups in total. The van der Waals surface area contributed by atoms with Gasteiger partial charge in [0.1, 0.15) is 5.75 Å². The Morgan fingerprint density at radius 1 is 1.33 bits per heavy atom. The van der Waals surface area contributed by atoms with Gasteiger partial charge in [0.25, 0.3) is 0 Å². The largest absolute Gasteiger partial charge is 0.497 e. The van der Waals surface area contributed by atoms with Gasteiger partial charge < -0.3 is 9.30 Å². The van der Waals surface area contributed by atoms with Crippen molar-refractivity contribution in [2.45, 2.75) is 6.54 Å². The van der Waals surface area contributed by atoms with Crippen LogP contribution in [0.5, 0.6) is 5.75 Å². The first kappa shape index (κ1) is 14.4. The molecule has 7 nitrogen and oxygen atoms in total. The molecule has 1 aromatic carbocycles. The summed E-state index contributed by atoms with van der Waals surface area (Å²) in [5.74, 6) is 0.184. The molecule has 2 rings (SSSR count). The topological polar surface area (TPSA) is 91.4 Å². The number of aromatic nitrogens is 1. The zero-order chi connectivity index (χ0) is 15.4. The number of Topliss-reactive ketones (excluding diaryl/α,β-unsaturated/α-hetero) is 1. The first-order chi connectivity index (χ1) is 10.0. The van der Waals surface area contributed by atoms with Crippen molar-refractivity contribution < 1.29 is 14.5 Å². The van der Waals surface area contributed by atoms with Crippen molar-refractivity contribution in [2.24, 2.45) is 0 Å². The predicted octanol–water partition coefficient (Wildman–Crippen LogP) is 1.65. The molecular weight excluding hydrogens is 276 g/mol. The number of ketones is 1. The molecule has 2 aromatic rings. The van der Waals surface area contributed by atoms with E-state index in [4.69, 9.17) is 4.74 Å². The summed E-state index contributed by atoms with van der Waals surface area (Å²) in [7, 11) is 1.48. The fourth-order valence-corrected chi connectivity index (χ4v) is 1.83. The van der Waals surface area contributed by atoms with Crippen molar-refractivity contribution in [2.75, 3.05) is 7.11 Å². The monoisotopic (exact) mass is 288 g/mol. The third-order valence-electron chi connectivity index (χ3n) is 2.90. The number of nitro groups is 1. The lowest BCUT2D eigenvalue weighted by Crippen LogP contribution is -2.25. The molecule has 0 amide bonds. The highest BCUT2D eigenvalue weighted by Gasteiger charge is 2.16. The van der Waals surface area contributed by atoms with E-state index in [9.17, 15) is 19.7 Å². The maximum atomic E-state index is 12.1. The highest BCUT2D eigenvalue weighted by Crippen LogP contribution is 2.13. The number of carbonyl (C=O) groups is 1. The molecule has 0 fully saturated rings. The number of pyridine rings is 1. The molecule has 0 saturated carbocycles. The van der Waals surface area contributed by atoms with Crippen LogP contribution in [0.25, 0.3) is 0 Å². The van der Waals surface area contributed by atoms with Crippen LogP contribution in [0.15, 0.2) is 47.4 Å². The van der Waals surface area contributed by atoms with Crippen LogP contribution in [0.2, 0.25) is 0 Å². The Morgan fingerprint density at radius 3 is 2.76 bits per heavy atom. The molecule has 0 spiro atoms. The summed E-state index contributed by atoms with van der Waals surface area (Å²) < 4.78 is 6.03. The molecule has 21 heavy (non-hydrogen) atoms. The minimum Gasteiger partial charge on any atom is -0.497 e. The number of hydrogen-bond acceptors (Lipinski definition) is 5.